The normalized spacial score (nSPS) is 23.6. The molecule has 0 unspecified atom stereocenters. The highest BCUT2D eigenvalue weighted by Gasteiger charge is 2.53. The summed E-state index contributed by atoms with van der Waals surface area (Å²) in [6.45, 7) is 4.93. The molecule has 14 heteroatoms. The van der Waals surface area contributed by atoms with Crippen LogP contribution in [0.15, 0.2) is 42.5 Å². The number of carbonyl (C=O) groups excluding carboxylic acids is 5. The maximum Gasteiger partial charge on any atom is 0.303 e. The lowest BCUT2D eigenvalue weighted by atomic mass is 9.97. The molecule has 0 spiro atoms. The van der Waals surface area contributed by atoms with Crippen molar-refractivity contribution in [2.45, 2.75) is 70.9 Å². The first-order valence-corrected chi connectivity index (χ1v) is 14.6. The Labute approximate surface area is 265 Å². The van der Waals surface area contributed by atoms with Gasteiger partial charge in [0.15, 0.2) is 23.7 Å². The molecular weight excluding hydrogens is 606 g/mol. The zero-order valence-electron chi connectivity index (χ0n) is 26.1. The van der Waals surface area contributed by atoms with Crippen LogP contribution in [-0.2, 0) is 54.0 Å². The fraction of sp³-hybridized carbons (Fsp3) is 0.469. The Bertz CT molecular complexity index is 1440. The zero-order chi connectivity index (χ0) is 33.4. The first-order chi connectivity index (χ1) is 22.0. The van der Waals surface area contributed by atoms with E-state index in [1.807, 2.05) is 24.3 Å². The smallest absolute Gasteiger partial charge is 0.303 e. The van der Waals surface area contributed by atoms with Crippen molar-refractivity contribution >= 4 is 29.8 Å². The predicted molar refractivity (Wildman–Crippen MR) is 157 cm³/mol. The van der Waals surface area contributed by atoms with Gasteiger partial charge in [0.1, 0.15) is 18.8 Å². The Kier molecular flexibility index (Phi) is 11.6. The van der Waals surface area contributed by atoms with Crippen molar-refractivity contribution < 1.29 is 61.9 Å². The van der Waals surface area contributed by atoms with E-state index in [1.165, 1.54) is 37.8 Å². The van der Waals surface area contributed by atoms with Gasteiger partial charge in [0, 0.05) is 39.8 Å². The molecule has 2 aromatic rings. The van der Waals surface area contributed by atoms with Crippen molar-refractivity contribution in [2.24, 2.45) is 0 Å². The molecule has 2 heterocycles. The van der Waals surface area contributed by atoms with Gasteiger partial charge in [-0.3, -0.25) is 24.0 Å². The summed E-state index contributed by atoms with van der Waals surface area (Å²) in [6, 6.07) is 12.3. The minimum Gasteiger partial charge on any atom is -0.493 e. The molecule has 0 bridgehead atoms. The molecule has 0 radical (unpaired) electrons. The van der Waals surface area contributed by atoms with Gasteiger partial charge >= 0.3 is 23.9 Å². The standard InChI is InChI=1S/C32H37NO13/c1-17(34)41-16-27-28(42-18(2)35)29(43-19(3)36)30(44-20(4)37)32(46-27)45-24-11-10-22(14-25(24)39-5)31(38)33-15-26-23-9-7-6-8-21(23)12-13-40-26/h6-11,14,26-30,32H,12-13,15-16H2,1-5H3,(H,33,38)/t26-,27+,28+,29-,30+,32-/m1/s1. The van der Waals surface area contributed by atoms with Crippen molar-refractivity contribution in [1.82, 2.24) is 5.32 Å². The fourth-order valence-corrected chi connectivity index (χ4v) is 5.25. The lowest BCUT2D eigenvalue weighted by Gasteiger charge is -2.44. The number of carbonyl (C=O) groups is 5. The molecule has 46 heavy (non-hydrogen) atoms. The van der Waals surface area contributed by atoms with Crippen LogP contribution in [0.4, 0.5) is 0 Å². The second kappa shape index (κ2) is 15.5. The molecule has 0 aliphatic carbocycles. The second-order valence-electron chi connectivity index (χ2n) is 10.6. The molecule has 4 rings (SSSR count). The van der Waals surface area contributed by atoms with Gasteiger partial charge in [-0.1, -0.05) is 24.3 Å². The first-order valence-electron chi connectivity index (χ1n) is 14.6. The fourth-order valence-electron chi connectivity index (χ4n) is 5.25. The van der Waals surface area contributed by atoms with Crippen molar-refractivity contribution in [2.75, 3.05) is 26.9 Å². The van der Waals surface area contributed by atoms with Gasteiger partial charge in [-0.2, -0.15) is 0 Å². The summed E-state index contributed by atoms with van der Waals surface area (Å²) >= 11 is 0. The monoisotopic (exact) mass is 643 g/mol. The predicted octanol–water partition coefficient (Wildman–Crippen LogP) is 2.20. The van der Waals surface area contributed by atoms with Crippen LogP contribution >= 0.6 is 0 Å². The van der Waals surface area contributed by atoms with E-state index in [1.54, 1.807) is 0 Å². The highest BCUT2D eigenvalue weighted by atomic mass is 16.7. The zero-order valence-corrected chi connectivity index (χ0v) is 26.1. The molecule has 0 saturated carbocycles. The van der Waals surface area contributed by atoms with E-state index in [9.17, 15) is 24.0 Å². The van der Waals surface area contributed by atoms with Crippen molar-refractivity contribution in [3.05, 3.63) is 59.2 Å². The number of ether oxygens (including phenoxy) is 8. The van der Waals surface area contributed by atoms with Gasteiger partial charge in [-0.05, 0) is 35.7 Å². The van der Waals surface area contributed by atoms with Gasteiger partial charge in [-0.25, -0.2) is 0 Å². The second-order valence-corrected chi connectivity index (χ2v) is 10.6. The summed E-state index contributed by atoms with van der Waals surface area (Å²) in [5.41, 5.74) is 2.47. The average Bonchev–Trinajstić information content (AvgIpc) is 3.01. The first kappa shape index (κ1) is 34.2. The maximum atomic E-state index is 13.1. The number of hydrogen-bond acceptors (Lipinski definition) is 13. The third-order valence-corrected chi connectivity index (χ3v) is 7.16. The highest BCUT2D eigenvalue weighted by Crippen LogP contribution is 2.35. The number of esters is 4. The third kappa shape index (κ3) is 8.73. The third-order valence-electron chi connectivity index (χ3n) is 7.16. The lowest BCUT2D eigenvalue weighted by molar-refractivity contribution is -0.288. The molecule has 248 valence electrons. The molecule has 1 N–H and O–H groups in total. The molecular formula is C32H37NO13. The van der Waals surface area contributed by atoms with E-state index in [4.69, 9.17) is 37.9 Å². The van der Waals surface area contributed by atoms with E-state index in [2.05, 4.69) is 5.32 Å². The van der Waals surface area contributed by atoms with Crippen molar-refractivity contribution in [3.8, 4) is 11.5 Å². The summed E-state index contributed by atoms with van der Waals surface area (Å²) < 4.78 is 44.8. The Balaban J connectivity index is 1.57. The molecule has 1 amide bonds. The number of hydrogen-bond donors (Lipinski definition) is 1. The van der Waals surface area contributed by atoms with Crippen LogP contribution in [0.1, 0.15) is 55.3 Å². The van der Waals surface area contributed by atoms with Gasteiger partial charge < -0.3 is 43.2 Å². The summed E-state index contributed by atoms with van der Waals surface area (Å²) in [4.78, 5) is 60.9. The SMILES string of the molecule is COc1cc(C(=O)NC[C@H]2OCCc3ccccc32)ccc1O[C@@H]1O[C@@H](COC(C)=O)[C@H](OC(C)=O)[C@@H](OC(C)=O)[C@@H]1OC(C)=O. The number of nitrogens with one attached hydrogen (secondary N) is 1. The Morgan fingerprint density at radius 1 is 0.826 bits per heavy atom. The van der Waals surface area contributed by atoms with E-state index in [0.29, 0.717) is 6.61 Å². The van der Waals surface area contributed by atoms with Crippen LogP contribution in [0.3, 0.4) is 0 Å². The van der Waals surface area contributed by atoms with E-state index >= 15 is 0 Å². The highest BCUT2D eigenvalue weighted by molar-refractivity contribution is 5.95. The van der Waals surface area contributed by atoms with Crippen LogP contribution in [0.2, 0.25) is 0 Å². The van der Waals surface area contributed by atoms with Gasteiger partial charge in [-0.15, -0.1) is 0 Å². The Morgan fingerprint density at radius 3 is 2.17 bits per heavy atom. The van der Waals surface area contributed by atoms with Crippen LogP contribution in [-0.4, -0.2) is 87.4 Å². The summed E-state index contributed by atoms with van der Waals surface area (Å²) in [5, 5.41) is 2.89. The molecule has 6 atom stereocenters. The molecule has 1 fully saturated rings. The average molecular weight is 644 g/mol. The minimum absolute atomic E-state index is 0.0736. The molecule has 0 aromatic heterocycles. The summed E-state index contributed by atoms with van der Waals surface area (Å²) in [6.07, 6.45) is -6.34. The topological polar surface area (TPSA) is 171 Å². The lowest BCUT2D eigenvalue weighted by Crippen LogP contribution is -2.63. The summed E-state index contributed by atoms with van der Waals surface area (Å²) in [5.74, 6) is -3.14. The molecule has 2 aromatic carbocycles. The molecule has 2 aliphatic rings. The number of benzene rings is 2. The quantitative estimate of drug-likeness (QED) is 0.279. The minimum atomic E-state index is -1.47. The van der Waals surface area contributed by atoms with Gasteiger partial charge in [0.05, 0.1) is 13.7 Å². The van der Waals surface area contributed by atoms with E-state index in [-0.39, 0.29) is 35.6 Å². The number of amides is 1. The van der Waals surface area contributed by atoms with Crippen LogP contribution in [0.25, 0.3) is 0 Å². The molecule has 1 saturated heterocycles. The van der Waals surface area contributed by atoms with Gasteiger partial charge in [0.2, 0.25) is 12.4 Å². The Hall–Kier alpha value is -4.69. The van der Waals surface area contributed by atoms with Crippen LogP contribution in [0, 0.1) is 0 Å². The van der Waals surface area contributed by atoms with Crippen LogP contribution in [0.5, 0.6) is 11.5 Å². The Morgan fingerprint density at radius 2 is 1.50 bits per heavy atom. The van der Waals surface area contributed by atoms with Crippen LogP contribution < -0.4 is 14.8 Å². The molecule has 2 aliphatic heterocycles. The number of fused-ring (bicyclic) bond motifs is 1. The van der Waals surface area contributed by atoms with E-state index < -0.39 is 61.2 Å². The largest absolute Gasteiger partial charge is 0.493 e. The van der Waals surface area contributed by atoms with Crippen molar-refractivity contribution in [3.63, 3.8) is 0 Å². The van der Waals surface area contributed by atoms with Gasteiger partial charge in [0.25, 0.3) is 5.91 Å². The van der Waals surface area contributed by atoms with Crippen molar-refractivity contribution in [1.29, 1.82) is 0 Å². The number of rotatable bonds is 11. The number of methoxy groups -OCH3 is 1. The molecule has 14 nitrogen and oxygen atoms in total. The maximum absolute atomic E-state index is 13.1. The van der Waals surface area contributed by atoms with E-state index in [0.717, 1.165) is 32.8 Å². The summed E-state index contributed by atoms with van der Waals surface area (Å²) in [7, 11) is 1.36.